The normalized spacial score (nSPS) is 20.9. The molecule has 1 aromatic heterocycles. The van der Waals surface area contributed by atoms with Gasteiger partial charge in [0, 0.05) is 51.3 Å². The van der Waals surface area contributed by atoms with Crippen LogP contribution < -0.4 is 5.43 Å². The molecular formula is C26H29F2N3O5. The number of nitrogens with zero attached hydrogens (tertiary/aromatic N) is 3. The van der Waals surface area contributed by atoms with Crippen LogP contribution in [0.5, 0.6) is 5.75 Å². The maximum absolute atomic E-state index is 14.0. The molecular weight excluding hydrogens is 472 g/mol. The number of carbonyl (C=O) groups excluding carboxylic acids is 3. The molecule has 2 aliphatic rings. The number of aryl methyl sites for hydroxylation is 1. The Kier molecular flexibility index (Phi) is 6.49. The molecule has 1 N–H and O–H groups in total. The monoisotopic (exact) mass is 501 g/mol. The van der Waals surface area contributed by atoms with Crippen LogP contribution in [0, 0.1) is 17.6 Å². The van der Waals surface area contributed by atoms with E-state index in [1.54, 1.807) is 19.0 Å². The predicted octanol–water partition coefficient (Wildman–Crippen LogP) is 2.71. The van der Waals surface area contributed by atoms with Crippen LogP contribution in [0.1, 0.15) is 59.5 Å². The molecule has 36 heavy (non-hydrogen) atoms. The summed E-state index contributed by atoms with van der Waals surface area (Å²) in [6.45, 7) is 3.92. The number of carbonyl (C=O) groups is 3. The van der Waals surface area contributed by atoms with Gasteiger partial charge in [0.1, 0.15) is 11.6 Å². The smallest absolute Gasteiger partial charge is 0.274 e. The van der Waals surface area contributed by atoms with Crippen molar-refractivity contribution in [2.45, 2.75) is 51.1 Å². The van der Waals surface area contributed by atoms with E-state index < -0.39 is 40.0 Å². The van der Waals surface area contributed by atoms with Crippen molar-refractivity contribution in [2.24, 2.45) is 5.92 Å². The highest BCUT2D eigenvalue weighted by atomic mass is 19.1. The van der Waals surface area contributed by atoms with Crippen LogP contribution in [0.15, 0.2) is 29.2 Å². The fourth-order valence-electron chi connectivity index (χ4n) is 5.23. The summed E-state index contributed by atoms with van der Waals surface area (Å²) >= 11 is 0. The van der Waals surface area contributed by atoms with Gasteiger partial charge in [-0.1, -0.05) is 6.07 Å². The van der Waals surface area contributed by atoms with Crippen molar-refractivity contribution < 1.29 is 28.3 Å². The molecule has 1 aliphatic carbocycles. The number of aromatic nitrogens is 1. The topological polar surface area (TPSA) is 99.9 Å². The number of amides is 2. The van der Waals surface area contributed by atoms with Crippen molar-refractivity contribution >= 4 is 17.6 Å². The van der Waals surface area contributed by atoms with Gasteiger partial charge in [-0.25, -0.2) is 8.78 Å². The van der Waals surface area contributed by atoms with Crippen LogP contribution in [-0.4, -0.2) is 63.8 Å². The minimum Gasteiger partial charge on any atom is -0.503 e. The largest absolute Gasteiger partial charge is 0.503 e. The predicted molar refractivity (Wildman–Crippen MR) is 127 cm³/mol. The number of hydrogen-bond donors (Lipinski definition) is 1. The summed E-state index contributed by atoms with van der Waals surface area (Å²) in [7, 11) is 3.32. The average Bonchev–Trinajstić information content (AvgIpc) is 2.78. The molecule has 2 amide bonds. The van der Waals surface area contributed by atoms with Gasteiger partial charge in [0.2, 0.25) is 11.3 Å². The Morgan fingerprint density at radius 2 is 1.86 bits per heavy atom. The van der Waals surface area contributed by atoms with E-state index in [-0.39, 0.29) is 54.1 Å². The average molecular weight is 502 g/mol. The second-order valence-corrected chi connectivity index (χ2v) is 10.2. The van der Waals surface area contributed by atoms with Gasteiger partial charge in [-0.2, -0.15) is 0 Å². The lowest BCUT2D eigenvalue weighted by molar-refractivity contribution is -0.141. The first-order valence-electron chi connectivity index (χ1n) is 11.8. The Bertz CT molecular complexity index is 1310. The molecule has 0 saturated heterocycles. The lowest BCUT2D eigenvalue weighted by Gasteiger charge is -2.55. The third kappa shape index (κ3) is 4.18. The molecule has 1 aliphatic heterocycles. The van der Waals surface area contributed by atoms with Gasteiger partial charge >= 0.3 is 0 Å². The summed E-state index contributed by atoms with van der Waals surface area (Å²) < 4.78 is 28.7. The van der Waals surface area contributed by atoms with Crippen molar-refractivity contribution in [2.75, 3.05) is 20.6 Å². The fraction of sp³-hybridized carbons (Fsp3) is 0.462. The number of rotatable bonds is 6. The van der Waals surface area contributed by atoms with Crippen LogP contribution in [0.2, 0.25) is 0 Å². The maximum atomic E-state index is 14.0. The highest BCUT2D eigenvalue weighted by Gasteiger charge is 2.55. The molecule has 0 bridgehead atoms. The number of ketones is 1. The zero-order chi connectivity index (χ0) is 26.5. The van der Waals surface area contributed by atoms with E-state index in [1.807, 2.05) is 13.8 Å². The van der Waals surface area contributed by atoms with Gasteiger partial charge < -0.3 is 19.5 Å². The molecule has 8 nitrogen and oxygen atoms in total. The fourth-order valence-corrected chi connectivity index (χ4v) is 5.23. The standard InChI is InChI=1S/C26H29F2N3O5/c1-14(2)30-13-26(10-16(11-26)24(35)29(3)4)31-12-18(22(33)23(34)21(31)25(30)36)20(32)8-6-15-5-7-17(27)9-19(15)28/h5,7,9,12,14,16,34H,6,8,10-11,13H2,1-4H3. The lowest BCUT2D eigenvalue weighted by Crippen LogP contribution is -2.63. The molecule has 1 fully saturated rings. The quantitative estimate of drug-likeness (QED) is 0.614. The SMILES string of the molecule is CC(C)N1CC2(CC(C(=O)N(C)C)C2)n2cc(C(=O)CCc3ccc(F)cc3F)c(=O)c(O)c2C1=O. The zero-order valence-electron chi connectivity index (χ0n) is 20.7. The highest BCUT2D eigenvalue weighted by molar-refractivity contribution is 6.00. The molecule has 1 aromatic carbocycles. The third-order valence-electron chi connectivity index (χ3n) is 7.23. The van der Waals surface area contributed by atoms with Crippen molar-refractivity contribution in [1.29, 1.82) is 0 Å². The number of aromatic hydroxyl groups is 1. The summed E-state index contributed by atoms with van der Waals surface area (Å²) in [6.07, 6.45) is 1.73. The third-order valence-corrected chi connectivity index (χ3v) is 7.23. The van der Waals surface area contributed by atoms with E-state index >= 15 is 0 Å². The summed E-state index contributed by atoms with van der Waals surface area (Å²) in [5.41, 5.74) is -2.12. The molecule has 4 rings (SSSR count). The first-order valence-corrected chi connectivity index (χ1v) is 11.8. The molecule has 192 valence electrons. The Morgan fingerprint density at radius 3 is 2.44 bits per heavy atom. The molecule has 1 saturated carbocycles. The number of hydrogen-bond acceptors (Lipinski definition) is 5. The molecule has 1 spiro atoms. The number of halogens is 2. The first kappa shape index (κ1) is 25.5. The first-order chi connectivity index (χ1) is 16.9. The lowest BCUT2D eigenvalue weighted by atomic mass is 9.65. The van der Waals surface area contributed by atoms with Crippen LogP contribution in [-0.2, 0) is 16.8 Å². The van der Waals surface area contributed by atoms with E-state index in [2.05, 4.69) is 0 Å². The highest BCUT2D eigenvalue weighted by Crippen LogP contribution is 2.49. The second kappa shape index (κ2) is 9.15. The molecule has 0 radical (unpaired) electrons. The number of benzene rings is 1. The van der Waals surface area contributed by atoms with Gasteiger partial charge in [-0.15, -0.1) is 0 Å². The Hall–Kier alpha value is -3.56. The Morgan fingerprint density at radius 1 is 1.19 bits per heavy atom. The van der Waals surface area contributed by atoms with E-state index in [0.29, 0.717) is 12.8 Å². The van der Waals surface area contributed by atoms with Crippen LogP contribution in [0.3, 0.4) is 0 Å². The number of pyridine rings is 1. The van der Waals surface area contributed by atoms with E-state index in [1.165, 1.54) is 21.7 Å². The second-order valence-electron chi connectivity index (χ2n) is 10.2. The van der Waals surface area contributed by atoms with Crippen molar-refractivity contribution in [3.05, 3.63) is 63.1 Å². The van der Waals surface area contributed by atoms with Gasteiger partial charge in [0.15, 0.2) is 17.2 Å². The molecule has 0 unspecified atom stereocenters. The van der Waals surface area contributed by atoms with Crippen molar-refractivity contribution in [3.63, 3.8) is 0 Å². The number of fused-ring (bicyclic) bond motifs is 2. The summed E-state index contributed by atoms with van der Waals surface area (Å²) in [5, 5.41) is 10.8. The summed E-state index contributed by atoms with van der Waals surface area (Å²) in [6, 6.07) is 2.82. The van der Waals surface area contributed by atoms with Crippen molar-refractivity contribution in [3.8, 4) is 5.75 Å². The zero-order valence-corrected chi connectivity index (χ0v) is 20.7. The molecule has 2 heterocycles. The van der Waals surface area contributed by atoms with Gasteiger partial charge in [0.05, 0.1) is 11.1 Å². The Balaban J connectivity index is 1.72. The van der Waals surface area contributed by atoms with Gasteiger partial charge in [0.25, 0.3) is 5.91 Å². The minimum atomic E-state index is -0.972. The Labute approximate surface area is 207 Å². The van der Waals surface area contributed by atoms with Gasteiger partial charge in [-0.3, -0.25) is 19.2 Å². The van der Waals surface area contributed by atoms with E-state index in [0.717, 1.165) is 12.1 Å². The van der Waals surface area contributed by atoms with Crippen LogP contribution >= 0.6 is 0 Å². The summed E-state index contributed by atoms with van der Waals surface area (Å²) in [4.78, 5) is 54.8. The molecule has 2 aromatic rings. The van der Waals surface area contributed by atoms with Crippen LogP contribution in [0.25, 0.3) is 0 Å². The van der Waals surface area contributed by atoms with E-state index in [9.17, 15) is 33.1 Å². The van der Waals surface area contributed by atoms with Crippen molar-refractivity contribution in [1.82, 2.24) is 14.4 Å². The van der Waals surface area contributed by atoms with E-state index in [4.69, 9.17) is 0 Å². The summed E-state index contributed by atoms with van der Waals surface area (Å²) in [5.74, 6) is -3.86. The van der Waals surface area contributed by atoms with Crippen LogP contribution in [0.4, 0.5) is 8.78 Å². The van der Waals surface area contributed by atoms with Gasteiger partial charge in [-0.05, 0) is 44.7 Å². The minimum absolute atomic E-state index is 0.0573. The maximum Gasteiger partial charge on any atom is 0.274 e. The number of Topliss-reactive ketones (excluding diaryl/α,β-unsaturated/α-hetero) is 1. The molecule has 0 atom stereocenters. The molecule has 10 heteroatoms.